The Morgan fingerprint density at radius 1 is 1.12 bits per heavy atom. The van der Waals surface area contributed by atoms with Gasteiger partial charge in [-0.25, -0.2) is 4.79 Å². The average molecular weight is 451 g/mol. The molecule has 0 fully saturated rings. The Morgan fingerprint density at radius 2 is 1.97 bits per heavy atom. The first-order valence-electron chi connectivity index (χ1n) is 9.74. The number of hydrogen-bond acceptors (Lipinski definition) is 9. The minimum atomic E-state index is -0.497. The molecule has 1 N–H and O–H groups in total. The summed E-state index contributed by atoms with van der Waals surface area (Å²) in [6.45, 7) is 1.68. The molecule has 0 saturated carbocycles. The number of ether oxygens (including phenoxy) is 2. The molecule has 2 aromatic carbocycles. The Bertz CT molecular complexity index is 1370. The summed E-state index contributed by atoms with van der Waals surface area (Å²) >= 11 is 1.30. The van der Waals surface area contributed by atoms with E-state index in [4.69, 9.17) is 18.3 Å². The number of aromatic nitrogens is 2. The summed E-state index contributed by atoms with van der Waals surface area (Å²) in [6.07, 6.45) is -0.497. The van der Waals surface area contributed by atoms with E-state index in [1.807, 2.05) is 24.3 Å². The van der Waals surface area contributed by atoms with E-state index in [1.165, 1.54) is 24.8 Å². The van der Waals surface area contributed by atoms with Crippen molar-refractivity contribution in [3.8, 4) is 11.5 Å². The smallest absolute Gasteiger partial charge is 0.336 e. The molecule has 1 aliphatic heterocycles. The highest BCUT2D eigenvalue weighted by atomic mass is 32.2. The van der Waals surface area contributed by atoms with Crippen LogP contribution >= 0.6 is 11.8 Å². The van der Waals surface area contributed by atoms with Crippen molar-refractivity contribution in [1.82, 2.24) is 10.2 Å². The third-order valence-corrected chi connectivity index (χ3v) is 5.58. The molecular weight excluding hydrogens is 434 g/mol. The minimum Gasteiger partial charge on any atom is -0.485 e. The van der Waals surface area contributed by atoms with E-state index in [1.54, 1.807) is 18.2 Å². The summed E-state index contributed by atoms with van der Waals surface area (Å²) in [7, 11) is 0. The molecule has 0 saturated heterocycles. The zero-order chi connectivity index (χ0) is 22.1. The van der Waals surface area contributed by atoms with Crippen molar-refractivity contribution < 1.29 is 23.1 Å². The van der Waals surface area contributed by atoms with Crippen LogP contribution < -0.4 is 20.4 Å². The number of carbonyl (C=O) groups is 1. The van der Waals surface area contributed by atoms with Gasteiger partial charge in [0, 0.05) is 35.9 Å². The van der Waals surface area contributed by atoms with Crippen LogP contribution in [0, 0.1) is 0 Å². The van der Waals surface area contributed by atoms with E-state index in [0.29, 0.717) is 39.6 Å². The maximum Gasteiger partial charge on any atom is 0.336 e. The highest BCUT2D eigenvalue weighted by Crippen LogP contribution is 2.36. The van der Waals surface area contributed by atoms with Crippen molar-refractivity contribution in [1.29, 1.82) is 0 Å². The van der Waals surface area contributed by atoms with Gasteiger partial charge in [0.15, 0.2) is 11.5 Å². The molecule has 32 heavy (non-hydrogen) atoms. The quantitative estimate of drug-likeness (QED) is 0.356. The summed E-state index contributed by atoms with van der Waals surface area (Å²) in [5.74, 6) is 1.82. The topological polar surface area (TPSA) is 117 Å². The SMILES string of the molecule is CC(=O)Nc1ccc2c(CSc3nnc(C4COc5ccccc5O4)o3)cc(=O)oc2c1. The van der Waals surface area contributed by atoms with E-state index in [2.05, 4.69) is 15.5 Å². The van der Waals surface area contributed by atoms with E-state index in [9.17, 15) is 9.59 Å². The van der Waals surface area contributed by atoms with Crippen LogP contribution in [0.3, 0.4) is 0 Å². The molecule has 9 nitrogen and oxygen atoms in total. The molecule has 0 bridgehead atoms. The Morgan fingerprint density at radius 3 is 2.81 bits per heavy atom. The fraction of sp³-hybridized carbons (Fsp3) is 0.182. The lowest BCUT2D eigenvalue weighted by Crippen LogP contribution is -2.21. The molecule has 3 heterocycles. The van der Waals surface area contributed by atoms with Crippen LogP contribution in [0.15, 0.2) is 67.4 Å². The normalized spacial score (nSPS) is 15.0. The predicted molar refractivity (Wildman–Crippen MR) is 116 cm³/mol. The van der Waals surface area contributed by atoms with Crippen LogP contribution in [0.5, 0.6) is 11.5 Å². The molecule has 1 atom stereocenters. The molecule has 0 spiro atoms. The monoisotopic (exact) mass is 451 g/mol. The highest BCUT2D eigenvalue weighted by molar-refractivity contribution is 7.98. The Kier molecular flexibility index (Phi) is 5.28. The van der Waals surface area contributed by atoms with Crippen molar-refractivity contribution in [3.05, 3.63) is 70.4 Å². The van der Waals surface area contributed by atoms with Crippen molar-refractivity contribution in [3.63, 3.8) is 0 Å². The molecule has 0 aliphatic carbocycles. The lowest BCUT2D eigenvalue weighted by Gasteiger charge is -2.23. The number of carbonyl (C=O) groups excluding carboxylic acids is 1. The molecule has 162 valence electrons. The lowest BCUT2D eigenvalue weighted by molar-refractivity contribution is -0.114. The number of amides is 1. The van der Waals surface area contributed by atoms with Crippen LogP contribution in [0.1, 0.15) is 24.5 Å². The number of nitrogens with one attached hydrogen (secondary N) is 1. The van der Waals surface area contributed by atoms with Crippen molar-refractivity contribution in [2.24, 2.45) is 0 Å². The van der Waals surface area contributed by atoms with Gasteiger partial charge in [0.2, 0.25) is 12.0 Å². The van der Waals surface area contributed by atoms with Gasteiger partial charge in [-0.15, -0.1) is 10.2 Å². The summed E-state index contributed by atoms with van der Waals surface area (Å²) in [4.78, 5) is 23.3. The minimum absolute atomic E-state index is 0.207. The predicted octanol–water partition coefficient (Wildman–Crippen LogP) is 3.94. The highest BCUT2D eigenvalue weighted by Gasteiger charge is 2.27. The van der Waals surface area contributed by atoms with Crippen LogP contribution in [-0.4, -0.2) is 22.7 Å². The molecule has 1 amide bonds. The standard InChI is InChI=1S/C22H17N3O6S/c1-12(26)23-14-6-7-15-13(8-20(27)30-18(15)9-14)11-32-22-25-24-21(31-22)19-10-28-16-4-2-3-5-17(16)29-19/h2-9,19H,10-11H2,1H3,(H,23,26). The third-order valence-electron chi connectivity index (χ3n) is 4.71. The largest absolute Gasteiger partial charge is 0.485 e. The molecular formula is C22H17N3O6S. The number of benzene rings is 2. The van der Waals surface area contributed by atoms with E-state index < -0.39 is 11.7 Å². The van der Waals surface area contributed by atoms with Gasteiger partial charge >= 0.3 is 5.63 Å². The number of hydrogen-bond donors (Lipinski definition) is 1. The van der Waals surface area contributed by atoms with Gasteiger partial charge in [0.05, 0.1) is 0 Å². The molecule has 4 aromatic rings. The number of rotatable bonds is 5. The lowest BCUT2D eigenvalue weighted by atomic mass is 10.1. The maximum absolute atomic E-state index is 12.0. The molecule has 0 radical (unpaired) electrons. The van der Waals surface area contributed by atoms with Gasteiger partial charge in [-0.3, -0.25) is 4.79 Å². The molecule has 5 rings (SSSR count). The Balaban J connectivity index is 1.32. The molecule has 1 aliphatic rings. The van der Waals surface area contributed by atoms with E-state index in [-0.39, 0.29) is 12.5 Å². The fourth-order valence-electron chi connectivity index (χ4n) is 3.32. The number of anilines is 1. The first kappa shape index (κ1) is 20.1. The van der Waals surface area contributed by atoms with E-state index >= 15 is 0 Å². The molecule has 1 unspecified atom stereocenters. The van der Waals surface area contributed by atoms with Crippen molar-refractivity contribution >= 4 is 34.3 Å². The zero-order valence-corrected chi connectivity index (χ0v) is 17.7. The molecule has 2 aromatic heterocycles. The molecule has 10 heteroatoms. The fourth-order valence-corrected chi connectivity index (χ4v) is 4.08. The second-order valence-corrected chi connectivity index (χ2v) is 7.97. The number of para-hydroxylation sites is 2. The van der Waals surface area contributed by atoms with Gasteiger partial charge in [0.25, 0.3) is 11.1 Å². The number of thioether (sulfide) groups is 1. The Hall–Kier alpha value is -3.79. The average Bonchev–Trinajstić information content (AvgIpc) is 3.25. The number of nitrogens with zero attached hydrogens (tertiary/aromatic N) is 2. The van der Waals surface area contributed by atoms with Gasteiger partial charge in [0.1, 0.15) is 12.2 Å². The first-order valence-corrected chi connectivity index (χ1v) is 10.7. The van der Waals surface area contributed by atoms with Crippen molar-refractivity contribution in [2.75, 3.05) is 11.9 Å². The van der Waals surface area contributed by atoms with Crippen LogP contribution in [-0.2, 0) is 10.5 Å². The third kappa shape index (κ3) is 4.17. The summed E-state index contributed by atoms with van der Waals surface area (Å²) in [5.41, 5.74) is 1.21. The summed E-state index contributed by atoms with van der Waals surface area (Å²) in [5, 5.41) is 11.9. The van der Waals surface area contributed by atoms with Gasteiger partial charge in [-0.1, -0.05) is 23.9 Å². The second-order valence-electron chi connectivity index (χ2n) is 7.04. The van der Waals surface area contributed by atoms with Gasteiger partial charge in [-0.2, -0.15) is 0 Å². The van der Waals surface area contributed by atoms with E-state index in [0.717, 1.165) is 10.9 Å². The van der Waals surface area contributed by atoms with Crippen LogP contribution in [0.4, 0.5) is 5.69 Å². The zero-order valence-electron chi connectivity index (χ0n) is 16.9. The van der Waals surface area contributed by atoms with Crippen LogP contribution in [0.2, 0.25) is 0 Å². The van der Waals surface area contributed by atoms with Gasteiger partial charge in [-0.05, 0) is 29.8 Å². The Labute approximate surface area is 185 Å². The van der Waals surface area contributed by atoms with Gasteiger partial charge < -0.3 is 23.6 Å². The van der Waals surface area contributed by atoms with Crippen molar-refractivity contribution in [2.45, 2.75) is 24.0 Å². The summed E-state index contributed by atoms with van der Waals surface area (Å²) < 4.78 is 22.6. The second kappa shape index (κ2) is 8.39. The first-order chi connectivity index (χ1) is 15.5. The summed E-state index contributed by atoms with van der Waals surface area (Å²) in [6, 6.07) is 14.0. The van der Waals surface area contributed by atoms with Crippen LogP contribution in [0.25, 0.3) is 11.0 Å². The number of fused-ring (bicyclic) bond motifs is 2. The maximum atomic E-state index is 12.0.